The predicted molar refractivity (Wildman–Crippen MR) is 82.6 cm³/mol. The van der Waals surface area contributed by atoms with Crippen LogP contribution < -0.4 is 10.1 Å². The zero-order valence-corrected chi connectivity index (χ0v) is 12.8. The lowest BCUT2D eigenvalue weighted by Crippen LogP contribution is -2.16. The van der Waals surface area contributed by atoms with Crippen LogP contribution in [0.25, 0.3) is 0 Å². The molecule has 1 amide bonds. The molecule has 0 saturated carbocycles. The van der Waals surface area contributed by atoms with Crippen molar-refractivity contribution in [2.75, 3.05) is 5.32 Å². The lowest BCUT2D eigenvalue weighted by atomic mass is 10.3. The molecule has 0 aliphatic rings. The molecule has 0 spiro atoms. The predicted octanol–water partition coefficient (Wildman–Crippen LogP) is 5.91. The van der Waals surface area contributed by atoms with E-state index >= 15 is 0 Å². The van der Waals surface area contributed by atoms with E-state index in [4.69, 9.17) is 51.1 Å². The van der Waals surface area contributed by atoms with Gasteiger partial charge < -0.3 is 4.74 Å². The summed E-state index contributed by atoms with van der Waals surface area (Å²) in [6.45, 7) is 0. The molecular weight excluding hydrogens is 344 g/mol. The standard InChI is InChI=1S/C13H7Cl4NO2/c14-7-3-8(15)5-10(4-7)20-13(19)18-9-1-2-11(16)12(17)6-9/h1-6H,(H,18,19). The Hall–Kier alpha value is -1.13. The Labute approximate surface area is 135 Å². The van der Waals surface area contributed by atoms with Gasteiger partial charge in [-0.15, -0.1) is 0 Å². The summed E-state index contributed by atoms with van der Waals surface area (Å²) >= 11 is 23.2. The van der Waals surface area contributed by atoms with E-state index in [1.54, 1.807) is 12.1 Å². The highest BCUT2D eigenvalue weighted by atomic mass is 35.5. The highest BCUT2D eigenvalue weighted by Crippen LogP contribution is 2.26. The third-order valence-corrected chi connectivity index (χ3v) is 3.39. The Morgan fingerprint density at radius 1 is 0.900 bits per heavy atom. The second kappa shape index (κ2) is 6.55. The lowest BCUT2D eigenvalue weighted by molar-refractivity contribution is 0.215. The van der Waals surface area contributed by atoms with Gasteiger partial charge in [-0.3, -0.25) is 5.32 Å². The molecule has 0 aliphatic heterocycles. The molecular formula is C13H7Cl4NO2. The molecule has 0 aromatic heterocycles. The second-order valence-corrected chi connectivity index (χ2v) is 5.44. The van der Waals surface area contributed by atoms with Crippen LogP contribution in [0.15, 0.2) is 36.4 Å². The van der Waals surface area contributed by atoms with Gasteiger partial charge in [0, 0.05) is 15.7 Å². The van der Waals surface area contributed by atoms with Gasteiger partial charge in [-0.25, -0.2) is 4.79 Å². The van der Waals surface area contributed by atoms with Crippen LogP contribution >= 0.6 is 46.4 Å². The first-order chi connectivity index (χ1) is 9.44. The van der Waals surface area contributed by atoms with Crippen molar-refractivity contribution in [3.63, 3.8) is 0 Å². The maximum Gasteiger partial charge on any atom is 0.417 e. The normalized spacial score (nSPS) is 10.2. The monoisotopic (exact) mass is 349 g/mol. The van der Waals surface area contributed by atoms with E-state index < -0.39 is 6.09 Å². The smallest absolute Gasteiger partial charge is 0.410 e. The molecule has 0 bridgehead atoms. The van der Waals surface area contributed by atoms with E-state index in [1.165, 1.54) is 24.3 Å². The summed E-state index contributed by atoms with van der Waals surface area (Å²) in [5.41, 5.74) is 0.456. The van der Waals surface area contributed by atoms with E-state index in [1.807, 2.05) is 0 Å². The third-order valence-electron chi connectivity index (χ3n) is 2.21. The largest absolute Gasteiger partial charge is 0.417 e. The third kappa shape index (κ3) is 4.18. The highest BCUT2D eigenvalue weighted by Gasteiger charge is 2.08. The first kappa shape index (κ1) is 15.3. The molecule has 2 aromatic rings. The van der Waals surface area contributed by atoms with E-state index in [9.17, 15) is 4.79 Å². The minimum atomic E-state index is -0.693. The summed E-state index contributed by atoms with van der Waals surface area (Å²) in [4.78, 5) is 11.7. The first-order valence-corrected chi connectivity index (χ1v) is 6.85. The van der Waals surface area contributed by atoms with Crippen molar-refractivity contribution in [2.45, 2.75) is 0 Å². The van der Waals surface area contributed by atoms with Crippen LogP contribution in [0.4, 0.5) is 10.5 Å². The first-order valence-electron chi connectivity index (χ1n) is 5.34. The van der Waals surface area contributed by atoms with Gasteiger partial charge in [0.2, 0.25) is 0 Å². The average Bonchev–Trinajstić information content (AvgIpc) is 2.32. The molecule has 3 nitrogen and oxygen atoms in total. The molecule has 0 saturated heterocycles. The van der Waals surface area contributed by atoms with Gasteiger partial charge in [0.1, 0.15) is 5.75 Å². The molecule has 0 atom stereocenters. The number of nitrogens with one attached hydrogen (secondary N) is 1. The van der Waals surface area contributed by atoms with Crippen LogP contribution in [0.5, 0.6) is 5.75 Å². The minimum absolute atomic E-state index is 0.236. The summed E-state index contributed by atoms with van der Waals surface area (Å²) in [7, 11) is 0. The topological polar surface area (TPSA) is 38.3 Å². The molecule has 1 N–H and O–H groups in total. The summed E-state index contributed by atoms with van der Waals surface area (Å²) < 4.78 is 5.06. The van der Waals surface area contributed by atoms with E-state index in [-0.39, 0.29) is 5.75 Å². The highest BCUT2D eigenvalue weighted by molar-refractivity contribution is 6.42. The number of benzene rings is 2. The van der Waals surface area contributed by atoms with Crippen molar-refractivity contribution >= 4 is 58.2 Å². The summed E-state index contributed by atoms with van der Waals surface area (Å²) in [6.07, 6.45) is -0.693. The van der Waals surface area contributed by atoms with Crippen LogP contribution in [-0.2, 0) is 0 Å². The Kier molecular flexibility index (Phi) is 5.00. The molecule has 2 aromatic carbocycles. The zero-order valence-electron chi connectivity index (χ0n) is 9.79. The number of ether oxygens (including phenoxy) is 1. The van der Waals surface area contributed by atoms with Crippen molar-refractivity contribution in [1.29, 1.82) is 0 Å². The lowest BCUT2D eigenvalue weighted by Gasteiger charge is -2.08. The quantitative estimate of drug-likeness (QED) is 0.730. The molecule has 0 fully saturated rings. The Balaban J connectivity index is 2.06. The van der Waals surface area contributed by atoms with Crippen LogP contribution in [0.1, 0.15) is 0 Å². The molecule has 0 unspecified atom stereocenters. The summed E-state index contributed by atoms with van der Waals surface area (Å²) in [5, 5.41) is 3.97. The molecule has 104 valence electrons. The zero-order chi connectivity index (χ0) is 14.7. The van der Waals surface area contributed by atoms with Gasteiger partial charge in [0.05, 0.1) is 10.0 Å². The number of hydrogen-bond acceptors (Lipinski definition) is 2. The SMILES string of the molecule is O=C(Nc1ccc(Cl)c(Cl)c1)Oc1cc(Cl)cc(Cl)c1. The fourth-order valence-corrected chi connectivity index (χ4v) is 2.22. The molecule has 0 heterocycles. The maximum atomic E-state index is 11.7. The molecule has 0 radical (unpaired) electrons. The number of carbonyl (C=O) groups excluding carboxylic acids is 1. The molecule has 20 heavy (non-hydrogen) atoms. The van der Waals surface area contributed by atoms with Crippen molar-refractivity contribution < 1.29 is 9.53 Å². The number of hydrogen-bond donors (Lipinski definition) is 1. The fraction of sp³-hybridized carbons (Fsp3) is 0. The number of halogens is 4. The maximum absolute atomic E-state index is 11.7. The minimum Gasteiger partial charge on any atom is -0.410 e. The summed E-state index contributed by atoms with van der Waals surface area (Å²) in [5.74, 6) is 0.236. The van der Waals surface area contributed by atoms with Crippen molar-refractivity contribution in [3.8, 4) is 5.75 Å². The van der Waals surface area contributed by atoms with E-state index in [0.717, 1.165) is 0 Å². The van der Waals surface area contributed by atoms with Crippen LogP contribution in [0.3, 0.4) is 0 Å². The van der Waals surface area contributed by atoms with Gasteiger partial charge in [-0.05, 0) is 36.4 Å². The van der Waals surface area contributed by atoms with Crippen molar-refractivity contribution in [2.24, 2.45) is 0 Å². The molecule has 7 heteroatoms. The van der Waals surface area contributed by atoms with E-state index in [0.29, 0.717) is 25.8 Å². The van der Waals surface area contributed by atoms with Gasteiger partial charge in [-0.2, -0.15) is 0 Å². The Morgan fingerprint density at radius 2 is 1.55 bits per heavy atom. The number of amides is 1. The number of anilines is 1. The van der Waals surface area contributed by atoms with Gasteiger partial charge in [0.15, 0.2) is 0 Å². The van der Waals surface area contributed by atoms with Crippen molar-refractivity contribution in [3.05, 3.63) is 56.5 Å². The second-order valence-electron chi connectivity index (χ2n) is 3.75. The summed E-state index contributed by atoms with van der Waals surface area (Å²) in [6, 6.07) is 9.16. The van der Waals surface area contributed by atoms with Gasteiger partial charge in [-0.1, -0.05) is 46.4 Å². The fourth-order valence-electron chi connectivity index (χ4n) is 1.41. The van der Waals surface area contributed by atoms with Gasteiger partial charge >= 0.3 is 6.09 Å². The Bertz CT molecular complexity index is 641. The van der Waals surface area contributed by atoms with Crippen molar-refractivity contribution in [1.82, 2.24) is 0 Å². The van der Waals surface area contributed by atoms with Crippen LogP contribution in [-0.4, -0.2) is 6.09 Å². The Morgan fingerprint density at radius 3 is 2.15 bits per heavy atom. The van der Waals surface area contributed by atoms with Gasteiger partial charge in [0.25, 0.3) is 0 Å². The van der Waals surface area contributed by atoms with Crippen LogP contribution in [0, 0.1) is 0 Å². The number of rotatable bonds is 2. The average molecular weight is 351 g/mol. The van der Waals surface area contributed by atoms with E-state index in [2.05, 4.69) is 5.32 Å². The number of carbonyl (C=O) groups is 1. The van der Waals surface area contributed by atoms with Crippen LogP contribution in [0.2, 0.25) is 20.1 Å². The molecule has 0 aliphatic carbocycles. The molecule has 2 rings (SSSR count).